The highest BCUT2D eigenvalue weighted by molar-refractivity contribution is 5.60. The van der Waals surface area contributed by atoms with Gasteiger partial charge in [0.1, 0.15) is 0 Å². The Morgan fingerprint density at radius 3 is 3.38 bits per heavy atom. The van der Waals surface area contributed by atoms with Crippen LogP contribution < -0.4 is 5.32 Å². The molecule has 0 amide bonds. The zero-order chi connectivity index (χ0) is 5.66. The Kier molecular flexibility index (Phi) is 1.92. The van der Waals surface area contributed by atoms with Gasteiger partial charge in [-0.3, -0.25) is 4.99 Å². The number of nitrogens with one attached hydrogen (secondary N) is 1. The van der Waals surface area contributed by atoms with E-state index in [-0.39, 0.29) is 0 Å². The first-order valence-corrected chi connectivity index (χ1v) is 2.57. The molecule has 0 saturated carbocycles. The van der Waals surface area contributed by atoms with Crippen molar-refractivity contribution >= 4 is 6.21 Å². The summed E-state index contributed by atoms with van der Waals surface area (Å²) in [6.45, 7) is 0.820. The highest BCUT2D eigenvalue weighted by atomic mass is 14.8. The molecule has 2 heteroatoms. The van der Waals surface area contributed by atoms with Crippen molar-refractivity contribution in [3.05, 3.63) is 24.6 Å². The number of nitrogens with zero attached hydrogens (tertiary/aromatic N) is 1. The molecular formula is C6H8N2. The van der Waals surface area contributed by atoms with E-state index in [1.807, 2.05) is 24.6 Å². The largest absolute Gasteiger partial charge is 0.386 e. The summed E-state index contributed by atoms with van der Waals surface area (Å²) in [5, 5.41) is 3.01. The molecule has 2 nitrogen and oxygen atoms in total. The van der Waals surface area contributed by atoms with Gasteiger partial charge in [0.05, 0.1) is 0 Å². The molecular weight excluding hydrogens is 100 g/mol. The quantitative estimate of drug-likeness (QED) is 0.485. The maximum Gasteiger partial charge on any atom is 0.0498 e. The van der Waals surface area contributed by atoms with Gasteiger partial charge in [0.15, 0.2) is 0 Å². The Hall–Kier alpha value is -1.05. The molecule has 0 bridgehead atoms. The lowest BCUT2D eigenvalue weighted by Gasteiger charge is -1.91. The van der Waals surface area contributed by atoms with Crippen molar-refractivity contribution in [3.63, 3.8) is 0 Å². The second kappa shape index (κ2) is 3.02. The van der Waals surface area contributed by atoms with Gasteiger partial charge in [-0.2, -0.15) is 0 Å². The van der Waals surface area contributed by atoms with Crippen molar-refractivity contribution in [2.75, 3.05) is 6.54 Å². The molecule has 0 spiro atoms. The fraction of sp³-hybridized carbons (Fsp3) is 0.167. The first-order valence-electron chi connectivity index (χ1n) is 2.57. The lowest BCUT2D eigenvalue weighted by molar-refractivity contribution is 1.03. The minimum absolute atomic E-state index is 0.820. The van der Waals surface area contributed by atoms with Crippen LogP contribution in [0.5, 0.6) is 0 Å². The van der Waals surface area contributed by atoms with E-state index in [0.29, 0.717) is 0 Å². The average molecular weight is 108 g/mol. The molecule has 8 heavy (non-hydrogen) atoms. The van der Waals surface area contributed by atoms with Crippen molar-refractivity contribution in [1.29, 1.82) is 0 Å². The predicted molar refractivity (Wildman–Crippen MR) is 34.8 cm³/mol. The Morgan fingerprint density at radius 2 is 2.38 bits per heavy atom. The summed E-state index contributed by atoms with van der Waals surface area (Å²) < 4.78 is 0. The standard InChI is InChI=1S/C6H8N2/c1-2-4-8-6-5-7-3-1/h1-5,8H,6H2. The summed E-state index contributed by atoms with van der Waals surface area (Å²) in [5.41, 5.74) is 0. The fourth-order valence-corrected chi connectivity index (χ4v) is 0.457. The van der Waals surface area contributed by atoms with Crippen molar-refractivity contribution in [3.8, 4) is 0 Å². The van der Waals surface area contributed by atoms with E-state index >= 15 is 0 Å². The molecule has 42 valence electrons. The van der Waals surface area contributed by atoms with E-state index < -0.39 is 0 Å². The molecule has 1 rings (SSSR count). The van der Waals surface area contributed by atoms with Crippen LogP contribution >= 0.6 is 0 Å². The van der Waals surface area contributed by atoms with Crippen LogP contribution in [0.25, 0.3) is 0 Å². The third kappa shape index (κ3) is 1.60. The van der Waals surface area contributed by atoms with E-state index in [1.165, 1.54) is 0 Å². The van der Waals surface area contributed by atoms with E-state index in [0.717, 1.165) is 6.54 Å². The second-order valence-electron chi connectivity index (χ2n) is 1.44. The van der Waals surface area contributed by atoms with E-state index in [1.54, 1.807) is 6.20 Å². The van der Waals surface area contributed by atoms with Crippen molar-refractivity contribution in [2.24, 2.45) is 4.99 Å². The lowest BCUT2D eigenvalue weighted by atomic mass is 10.5. The van der Waals surface area contributed by atoms with Crippen LogP contribution in [0.1, 0.15) is 0 Å². The zero-order valence-electron chi connectivity index (χ0n) is 4.54. The third-order valence-electron chi connectivity index (χ3n) is 0.812. The van der Waals surface area contributed by atoms with Gasteiger partial charge in [0, 0.05) is 19.0 Å². The Balaban J connectivity index is 2.51. The minimum atomic E-state index is 0.820. The van der Waals surface area contributed by atoms with Crippen LogP contribution in [-0.2, 0) is 0 Å². The van der Waals surface area contributed by atoms with Gasteiger partial charge in [0.25, 0.3) is 0 Å². The first kappa shape index (κ1) is 5.09. The maximum atomic E-state index is 3.91. The summed E-state index contributed by atoms with van der Waals surface area (Å²) in [7, 11) is 0. The lowest BCUT2D eigenvalue weighted by Crippen LogP contribution is -2.07. The molecule has 0 aromatic rings. The van der Waals surface area contributed by atoms with Crippen LogP contribution in [0.4, 0.5) is 0 Å². The van der Waals surface area contributed by atoms with Crippen molar-refractivity contribution < 1.29 is 0 Å². The Labute approximate surface area is 48.6 Å². The molecule has 0 fully saturated rings. The Morgan fingerprint density at radius 1 is 1.38 bits per heavy atom. The molecule has 1 aliphatic rings. The molecule has 0 atom stereocenters. The Bertz CT molecular complexity index is 117. The number of rotatable bonds is 0. The van der Waals surface area contributed by atoms with Crippen LogP contribution in [0.2, 0.25) is 0 Å². The molecule has 0 unspecified atom stereocenters. The smallest absolute Gasteiger partial charge is 0.0498 e. The van der Waals surface area contributed by atoms with Crippen LogP contribution in [0.3, 0.4) is 0 Å². The first-order chi connectivity index (χ1) is 4.00. The number of aliphatic imine (C=N–C) groups is 1. The average Bonchev–Trinajstić information content (AvgIpc) is 1.62. The van der Waals surface area contributed by atoms with Gasteiger partial charge < -0.3 is 5.32 Å². The van der Waals surface area contributed by atoms with E-state index in [4.69, 9.17) is 0 Å². The van der Waals surface area contributed by atoms with Gasteiger partial charge in [-0.15, -0.1) is 0 Å². The van der Waals surface area contributed by atoms with Crippen molar-refractivity contribution in [1.82, 2.24) is 5.32 Å². The summed E-state index contributed by atoms with van der Waals surface area (Å²) in [6, 6.07) is 0. The molecule has 0 aromatic carbocycles. The van der Waals surface area contributed by atoms with E-state index in [9.17, 15) is 0 Å². The number of hydrogen-bond acceptors (Lipinski definition) is 2. The summed E-state index contributed by atoms with van der Waals surface area (Å²) >= 11 is 0. The monoisotopic (exact) mass is 108 g/mol. The minimum Gasteiger partial charge on any atom is -0.386 e. The number of hydrogen-bond donors (Lipinski definition) is 1. The van der Waals surface area contributed by atoms with Gasteiger partial charge in [-0.25, -0.2) is 0 Å². The van der Waals surface area contributed by atoms with Crippen LogP contribution in [0, 0.1) is 0 Å². The van der Waals surface area contributed by atoms with Gasteiger partial charge in [-0.05, 0) is 18.4 Å². The molecule has 0 aromatic heterocycles. The summed E-state index contributed by atoms with van der Waals surface area (Å²) in [4.78, 5) is 3.91. The topological polar surface area (TPSA) is 24.4 Å². The highest BCUT2D eigenvalue weighted by Gasteiger charge is 1.73. The van der Waals surface area contributed by atoms with Crippen LogP contribution in [0.15, 0.2) is 29.5 Å². The van der Waals surface area contributed by atoms with Crippen molar-refractivity contribution in [2.45, 2.75) is 0 Å². The molecule has 0 saturated heterocycles. The zero-order valence-corrected chi connectivity index (χ0v) is 4.54. The molecule has 0 radical (unpaired) electrons. The highest BCUT2D eigenvalue weighted by Crippen LogP contribution is 1.78. The van der Waals surface area contributed by atoms with Crippen LogP contribution in [-0.4, -0.2) is 12.8 Å². The summed E-state index contributed by atoms with van der Waals surface area (Å²) in [5.74, 6) is 0. The predicted octanol–water partition coefficient (Wildman–Crippen LogP) is 0.688. The molecule has 1 heterocycles. The number of allylic oxidation sites excluding steroid dienone is 2. The van der Waals surface area contributed by atoms with E-state index in [2.05, 4.69) is 10.3 Å². The second-order valence-corrected chi connectivity index (χ2v) is 1.44. The normalized spacial score (nSPS) is 17.0. The van der Waals surface area contributed by atoms with Gasteiger partial charge >= 0.3 is 0 Å². The summed E-state index contributed by atoms with van der Waals surface area (Å²) in [6.07, 6.45) is 9.26. The molecule has 1 aliphatic heterocycles. The third-order valence-corrected chi connectivity index (χ3v) is 0.812. The molecule has 0 aliphatic carbocycles. The molecule has 1 N–H and O–H groups in total. The van der Waals surface area contributed by atoms with Gasteiger partial charge in [-0.1, -0.05) is 0 Å². The SMILES string of the molecule is C1=CN=CCNC=C1. The fourth-order valence-electron chi connectivity index (χ4n) is 0.457. The van der Waals surface area contributed by atoms with Gasteiger partial charge in [0.2, 0.25) is 0 Å². The maximum absolute atomic E-state index is 3.91.